The summed E-state index contributed by atoms with van der Waals surface area (Å²) in [6.45, 7) is 4.69. The van der Waals surface area contributed by atoms with Crippen molar-refractivity contribution in [1.29, 1.82) is 0 Å². The van der Waals surface area contributed by atoms with Crippen molar-refractivity contribution in [2.45, 2.75) is 23.7 Å². The topological polar surface area (TPSA) is 52.4 Å². The third kappa shape index (κ3) is 5.31. The van der Waals surface area contributed by atoms with Crippen molar-refractivity contribution in [1.82, 2.24) is 14.8 Å². The normalized spacial score (nSPS) is 15.7. The zero-order chi connectivity index (χ0) is 21.8. The fraction of sp³-hybridized carbons (Fsp3) is 0.333. The molecule has 2 aromatic carbocycles. The van der Waals surface area contributed by atoms with Gasteiger partial charge in [-0.25, -0.2) is 0 Å². The molecule has 1 unspecified atom stereocenters. The van der Waals surface area contributed by atoms with E-state index in [2.05, 4.69) is 19.8 Å². The molecule has 164 valence electrons. The number of aromatic nitrogens is 3. The van der Waals surface area contributed by atoms with Gasteiger partial charge < -0.3 is 14.4 Å². The van der Waals surface area contributed by atoms with Crippen molar-refractivity contribution in [2.24, 2.45) is 0 Å². The highest BCUT2D eigenvalue weighted by molar-refractivity contribution is 7.99. The number of halogens is 3. The van der Waals surface area contributed by atoms with Crippen LogP contribution in [0.2, 0.25) is 0 Å². The lowest BCUT2D eigenvalue weighted by atomic mass is 10.2. The minimum absolute atomic E-state index is 0.0656. The number of ether oxygens (including phenoxy) is 2. The molecule has 1 aliphatic rings. The lowest BCUT2D eigenvalue weighted by molar-refractivity contribution is -0.274. The first kappa shape index (κ1) is 21.5. The Balaban J connectivity index is 1.58. The highest BCUT2D eigenvalue weighted by Gasteiger charge is 2.31. The maximum atomic E-state index is 12.4. The van der Waals surface area contributed by atoms with E-state index in [1.54, 1.807) is 12.1 Å². The molecule has 4 rings (SSSR count). The van der Waals surface area contributed by atoms with Gasteiger partial charge >= 0.3 is 6.36 Å². The third-order valence-corrected chi connectivity index (χ3v) is 5.89. The van der Waals surface area contributed by atoms with Gasteiger partial charge in [0.1, 0.15) is 5.75 Å². The monoisotopic (exact) mass is 450 g/mol. The van der Waals surface area contributed by atoms with E-state index in [4.69, 9.17) is 4.74 Å². The smallest absolute Gasteiger partial charge is 0.406 e. The van der Waals surface area contributed by atoms with Crippen LogP contribution in [0.5, 0.6) is 5.75 Å². The summed E-state index contributed by atoms with van der Waals surface area (Å²) in [4.78, 5) is 2.14. The molecule has 0 radical (unpaired) electrons. The van der Waals surface area contributed by atoms with Crippen molar-refractivity contribution in [3.63, 3.8) is 0 Å². The number of anilines is 1. The van der Waals surface area contributed by atoms with E-state index in [-0.39, 0.29) is 11.0 Å². The van der Waals surface area contributed by atoms with Gasteiger partial charge in [0.05, 0.1) is 18.9 Å². The van der Waals surface area contributed by atoms with Crippen LogP contribution in [0.15, 0.2) is 59.8 Å². The molecule has 0 saturated carbocycles. The second-order valence-corrected chi connectivity index (χ2v) is 8.24. The van der Waals surface area contributed by atoms with E-state index in [9.17, 15) is 13.2 Å². The minimum atomic E-state index is -4.70. The zero-order valence-corrected chi connectivity index (χ0v) is 17.6. The van der Waals surface area contributed by atoms with Gasteiger partial charge in [0.2, 0.25) is 5.95 Å². The van der Waals surface area contributed by atoms with Gasteiger partial charge in [-0.05, 0) is 36.8 Å². The molecular weight excluding hydrogens is 429 g/mol. The molecule has 0 bridgehead atoms. The van der Waals surface area contributed by atoms with Crippen LogP contribution in [0.3, 0.4) is 0 Å². The van der Waals surface area contributed by atoms with E-state index >= 15 is 0 Å². The molecule has 0 spiro atoms. The lowest BCUT2D eigenvalue weighted by Crippen LogP contribution is -2.37. The SMILES string of the molecule is CC(Sc1nnc(N2CCOCC2)n1-c1ccccc1)c1ccc(OC(F)(F)F)cc1. The Morgan fingerprint density at radius 3 is 2.32 bits per heavy atom. The predicted octanol–water partition coefficient (Wildman–Crippen LogP) is 4.86. The molecule has 3 aromatic rings. The summed E-state index contributed by atoms with van der Waals surface area (Å²) in [7, 11) is 0. The van der Waals surface area contributed by atoms with Crippen LogP contribution < -0.4 is 9.64 Å². The largest absolute Gasteiger partial charge is 0.573 e. The molecule has 6 nitrogen and oxygen atoms in total. The van der Waals surface area contributed by atoms with E-state index in [1.807, 2.05) is 41.8 Å². The number of nitrogens with zero attached hydrogens (tertiary/aromatic N) is 4. The third-order valence-electron chi connectivity index (χ3n) is 4.79. The maximum absolute atomic E-state index is 12.4. The molecule has 1 aliphatic heterocycles. The Hall–Kier alpha value is -2.72. The van der Waals surface area contributed by atoms with Gasteiger partial charge in [0.25, 0.3) is 0 Å². The van der Waals surface area contributed by atoms with Crippen LogP contribution in [0.4, 0.5) is 19.1 Å². The molecule has 0 aliphatic carbocycles. The highest BCUT2D eigenvalue weighted by Crippen LogP contribution is 2.37. The van der Waals surface area contributed by atoms with Crippen LogP contribution in [-0.2, 0) is 4.74 Å². The number of thioether (sulfide) groups is 1. The Morgan fingerprint density at radius 1 is 1.00 bits per heavy atom. The summed E-state index contributed by atoms with van der Waals surface area (Å²) >= 11 is 1.49. The average molecular weight is 450 g/mol. The van der Waals surface area contributed by atoms with Crippen molar-refractivity contribution < 1.29 is 22.6 Å². The quantitative estimate of drug-likeness (QED) is 0.500. The van der Waals surface area contributed by atoms with Crippen molar-refractivity contribution in [3.8, 4) is 11.4 Å². The van der Waals surface area contributed by atoms with Crippen LogP contribution in [-0.4, -0.2) is 47.4 Å². The van der Waals surface area contributed by atoms with Gasteiger partial charge in [-0.15, -0.1) is 23.4 Å². The summed E-state index contributed by atoms with van der Waals surface area (Å²) in [6.07, 6.45) is -4.70. The van der Waals surface area contributed by atoms with Crippen LogP contribution >= 0.6 is 11.8 Å². The number of benzene rings is 2. The Morgan fingerprint density at radius 2 is 1.68 bits per heavy atom. The van der Waals surface area contributed by atoms with Gasteiger partial charge in [-0.3, -0.25) is 4.57 Å². The van der Waals surface area contributed by atoms with Gasteiger partial charge in [-0.1, -0.05) is 42.1 Å². The van der Waals surface area contributed by atoms with E-state index in [0.29, 0.717) is 18.4 Å². The van der Waals surface area contributed by atoms with Gasteiger partial charge in [0.15, 0.2) is 5.16 Å². The van der Waals surface area contributed by atoms with Crippen molar-refractivity contribution in [2.75, 3.05) is 31.2 Å². The number of para-hydroxylation sites is 1. The fourth-order valence-corrected chi connectivity index (χ4v) is 4.27. The molecule has 1 aromatic heterocycles. The number of morpholine rings is 1. The molecule has 31 heavy (non-hydrogen) atoms. The number of hydrogen-bond acceptors (Lipinski definition) is 6. The Bertz CT molecular complexity index is 990. The lowest BCUT2D eigenvalue weighted by Gasteiger charge is -2.28. The molecule has 2 heterocycles. The zero-order valence-electron chi connectivity index (χ0n) is 16.7. The first-order chi connectivity index (χ1) is 14.9. The van der Waals surface area contributed by atoms with Crippen LogP contribution in [0.1, 0.15) is 17.7 Å². The van der Waals surface area contributed by atoms with E-state index in [1.165, 1.54) is 23.9 Å². The average Bonchev–Trinajstić information content (AvgIpc) is 3.18. The van der Waals surface area contributed by atoms with E-state index in [0.717, 1.165) is 30.3 Å². The Kier molecular flexibility index (Phi) is 6.38. The molecule has 1 saturated heterocycles. The predicted molar refractivity (Wildman–Crippen MR) is 112 cm³/mol. The van der Waals surface area contributed by atoms with Crippen LogP contribution in [0, 0.1) is 0 Å². The molecule has 1 fully saturated rings. The van der Waals surface area contributed by atoms with Crippen molar-refractivity contribution >= 4 is 17.7 Å². The maximum Gasteiger partial charge on any atom is 0.573 e. The van der Waals surface area contributed by atoms with E-state index < -0.39 is 6.36 Å². The summed E-state index contributed by atoms with van der Waals surface area (Å²) in [5.74, 6) is 0.508. The van der Waals surface area contributed by atoms with Gasteiger partial charge in [-0.2, -0.15) is 0 Å². The molecule has 1 atom stereocenters. The van der Waals surface area contributed by atoms with Gasteiger partial charge in [0, 0.05) is 18.3 Å². The van der Waals surface area contributed by atoms with Crippen molar-refractivity contribution in [3.05, 3.63) is 60.2 Å². The minimum Gasteiger partial charge on any atom is -0.406 e. The highest BCUT2D eigenvalue weighted by atomic mass is 32.2. The first-order valence-corrected chi connectivity index (χ1v) is 10.6. The number of alkyl halides is 3. The second kappa shape index (κ2) is 9.19. The summed E-state index contributed by atoms with van der Waals surface area (Å²) in [6, 6.07) is 15.7. The standard InChI is InChI=1S/C21H21F3N4O2S/c1-15(16-7-9-18(10-8-16)30-21(22,23)24)31-20-26-25-19(27-11-13-29-14-12-27)28(20)17-5-3-2-4-6-17/h2-10,15H,11-14H2,1H3. The first-order valence-electron chi connectivity index (χ1n) is 9.76. The fourth-order valence-electron chi connectivity index (χ4n) is 3.28. The number of rotatable bonds is 6. The molecule has 10 heteroatoms. The number of hydrogen-bond donors (Lipinski definition) is 0. The summed E-state index contributed by atoms with van der Waals surface area (Å²) < 4.78 is 48.6. The second-order valence-electron chi connectivity index (χ2n) is 6.93. The van der Waals surface area contributed by atoms with Crippen LogP contribution in [0.25, 0.3) is 5.69 Å². The molecular formula is C21H21F3N4O2S. The molecule has 0 amide bonds. The Labute approximate surface area is 182 Å². The molecule has 0 N–H and O–H groups in total. The summed E-state index contributed by atoms with van der Waals surface area (Å²) in [5.41, 5.74) is 1.80. The summed E-state index contributed by atoms with van der Waals surface area (Å²) in [5, 5.41) is 9.49.